The molecule has 0 unspecified atom stereocenters. The zero-order valence-electron chi connectivity index (χ0n) is 14.6. The second-order valence-corrected chi connectivity index (χ2v) is 7.00. The number of hydrogen-bond donors (Lipinski definition) is 0. The second-order valence-electron chi connectivity index (χ2n) is 7.00. The van der Waals surface area contributed by atoms with Crippen LogP contribution in [0.25, 0.3) is 54.6 Å². The first-order valence-electron chi connectivity index (χ1n) is 9.21. The molecule has 0 amide bonds. The Balaban J connectivity index is 1.76. The van der Waals surface area contributed by atoms with E-state index in [4.69, 9.17) is 4.42 Å². The van der Waals surface area contributed by atoms with Gasteiger partial charge < -0.3 is 4.42 Å². The van der Waals surface area contributed by atoms with Crippen molar-refractivity contribution in [1.82, 2.24) is 0 Å². The topological polar surface area (TPSA) is 13.1 Å². The lowest BCUT2D eigenvalue weighted by molar-refractivity contribution is 0.669. The molecule has 0 saturated heterocycles. The molecular formula is C26H16O. The van der Waals surface area contributed by atoms with Crippen LogP contribution in [0.4, 0.5) is 0 Å². The molecule has 0 atom stereocenters. The summed E-state index contributed by atoms with van der Waals surface area (Å²) in [5, 5.41) is 7.38. The van der Waals surface area contributed by atoms with E-state index in [0.717, 1.165) is 11.2 Å². The summed E-state index contributed by atoms with van der Waals surface area (Å²) < 4.78 is 6.21. The van der Waals surface area contributed by atoms with Crippen molar-refractivity contribution in [2.75, 3.05) is 0 Å². The van der Waals surface area contributed by atoms with Crippen LogP contribution in [0.5, 0.6) is 0 Å². The van der Waals surface area contributed by atoms with E-state index in [1.54, 1.807) is 0 Å². The molecule has 0 saturated carbocycles. The number of para-hydroxylation sites is 1. The van der Waals surface area contributed by atoms with Crippen molar-refractivity contribution in [2.45, 2.75) is 0 Å². The number of benzene rings is 5. The average Bonchev–Trinajstić information content (AvgIpc) is 3.11. The molecule has 0 bridgehead atoms. The van der Waals surface area contributed by atoms with E-state index in [0.29, 0.717) is 0 Å². The van der Waals surface area contributed by atoms with Gasteiger partial charge in [-0.2, -0.15) is 0 Å². The van der Waals surface area contributed by atoms with E-state index in [2.05, 4.69) is 84.9 Å². The molecular weight excluding hydrogens is 328 g/mol. The van der Waals surface area contributed by atoms with Crippen LogP contribution in [-0.2, 0) is 0 Å². The molecule has 1 nitrogen and oxygen atoms in total. The summed E-state index contributed by atoms with van der Waals surface area (Å²) in [5.41, 5.74) is 4.31. The molecule has 0 aliphatic heterocycles. The normalized spacial score (nSPS) is 11.7. The van der Waals surface area contributed by atoms with Gasteiger partial charge >= 0.3 is 0 Å². The van der Waals surface area contributed by atoms with Gasteiger partial charge in [0, 0.05) is 10.8 Å². The summed E-state index contributed by atoms with van der Waals surface area (Å²) in [6, 6.07) is 34.3. The van der Waals surface area contributed by atoms with E-state index >= 15 is 0 Å². The number of rotatable bonds is 1. The van der Waals surface area contributed by atoms with Gasteiger partial charge in [-0.15, -0.1) is 0 Å². The summed E-state index contributed by atoms with van der Waals surface area (Å²) in [7, 11) is 0. The van der Waals surface area contributed by atoms with Crippen molar-refractivity contribution in [2.24, 2.45) is 0 Å². The Morgan fingerprint density at radius 2 is 1.19 bits per heavy atom. The monoisotopic (exact) mass is 344 g/mol. The van der Waals surface area contributed by atoms with Gasteiger partial charge in [0.2, 0.25) is 0 Å². The van der Waals surface area contributed by atoms with Gasteiger partial charge in [-0.1, -0.05) is 78.9 Å². The third-order valence-electron chi connectivity index (χ3n) is 5.45. The minimum atomic E-state index is 0.938. The summed E-state index contributed by atoms with van der Waals surface area (Å²) in [4.78, 5) is 0. The highest BCUT2D eigenvalue weighted by molar-refractivity contribution is 6.22. The Labute approximate surface area is 156 Å². The predicted octanol–water partition coefficient (Wildman–Crippen LogP) is 7.56. The van der Waals surface area contributed by atoms with Crippen molar-refractivity contribution >= 4 is 43.5 Å². The van der Waals surface area contributed by atoms with E-state index in [9.17, 15) is 0 Å². The summed E-state index contributed by atoms with van der Waals surface area (Å²) >= 11 is 0. The van der Waals surface area contributed by atoms with Crippen molar-refractivity contribution in [1.29, 1.82) is 0 Å². The standard InChI is InChI=1S/C26H16O/c1-2-8-18-15-19(14-13-17(18)7-1)23-16-25-26(21-10-4-3-9-20(21)23)22-11-5-6-12-24(22)27-25/h1-16H. The van der Waals surface area contributed by atoms with Gasteiger partial charge in [0.1, 0.15) is 11.2 Å². The SMILES string of the molecule is c1ccc2cc(-c3cc4oc5ccccc5c4c4ccccc34)ccc2c1. The third-order valence-corrected chi connectivity index (χ3v) is 5.45. The van der Waals surface area contributed by atoms with Crippen molar-refractivity contribution in [3.8, 4) is 11.1 Å². The van der Waals surface area contributed by atoms with Crippen LogP contribution in [-0.4, -0.2) is 0 Å². The van der Waals surface area contributed by atoms with Gasteiger partial charge in [-0.25, -0.2) is 0 Å². The highest BCUT2D eigenvalue weighted by atomic mass is 16.3. The van der Waals surface area contributed by atoms with Gasteiger partial charge in [0.25, 0.3) is 0 Å². The van der Waals surface area contributed by atoms with Crippen LogP contribution >= 0.6 is 0 Å². The van der Waals surface area contributed by atoms with Crippen LogP contribution < -0.4 is 0 Å². The van der Waals surface area contributed by atoms with E-state index in [1.807, 2.05) is 12.1 Å². The van der Waals surface area contributed by atoms with Crippen LogP contribution in [0.15, 0.2) is 101 Å². The van der Waals surface area contributed by atoms with Crippen LogP contribution in [0.3, 0.4) is 0 Å². The van der Waals surface area contributed by atoms with E-state index in [1.165, 1.54) is 43.4 Å². The fourth-order valence-corrected chi connectivity index (χ4v) is 4.18. The smallest absolute Gasteiger partial charge is 0.136 e. The Hall–Kier alpha value is -3.58. The largest absolute Gasteiger partial charge is 0.456 e. The van der Waals surface area contributed by atoms with Crippen LogP contribution in [0.2, 0.25) is 0 Å². The van der Waals surface area contributed by atoms with E-state index in [-0.39, 0.29) is 0 Å². The van der Waals surface area contributed by atoms with Gasteiger partial charge in [-0.05, 0) is 50.9 Å². The number of hydrogen-bond acceptors (Lipinski definition) is 1. The van der Waals surface area contributed by atoms with Crippen molar-refractivity contribution in [3.05, 3.63) is 97.1 Å². The average molecular weight is 344 g/mol. The van der Waals surface area contributed by atoms with Crippen LogP contribution in [0, 0.1) is 0 Å². The molecule has 1 heteroatoms. The molecule has 6 aromatic rings. The Morgan fingerprint density at radius 3 is 2.07 bits per heavy atom. The molecule has 0 aliphatic rings. The molecule has 1 heterocycles. The highest BCUT2D eigenvalue weighted by Gasteiger charge is 2.14. The van der Waals surface area contributed by atoms with Crippen LogP contribution in [0.1, 0.15) is 0 Å². The van der Waals surface area contributed by atoms with Crippen molar-refractivity contribution in [3.63, 3.8) is 0 Å². The fraction of sp³-hybridized carbons (Fsp3) is 0. The lowest BCUT2D eigenvalue weighted by atomic mass is 9.94. The minimum absolute atomic E-state index is 0.938. The van der Waals surface area contributed by atoms with Crippen molar-refractivity contribution < 1.29 is 4.42 Å². The molecule has 27 heavy (non-hydrogen) atoms. The highest BCUT2D eigenvalue weighted by Crippen LogP contribution is 2.40. The Kier molecular flexibility index (Phi) is 2.95. The first-order valence-corrected chi connectivity index (χ1v) is 9.21. The molecule has 0 radical (unpaired) electrons. The maximum atomic E-state index is 6.21. The molecule has 0 fully saturated rings. The molecule has 1 aromatic heterocycles. The van der Waals surface area contributed by atoms with E-state index < -0.39 is 0 Å². The zero-order valence-corrected chi connectivity index (χ0v) is 14.6. The van der Waals surface area contributed by atoms with Gasteiger partial charge in [0.15, 0.2) is 0 Å². The van der Waals surface area contributed by atoms with Gasteiger partial charge in [0.05, 0.1) is 0 Å². The molecule has 0 N–H and O–H groups in total. The van der Waals surface area contributed by atoms with Gasteiger partial charge in [-0.3, -0.25) is 0 Å². The fourth-order valence-electron chi connectivity index (χ4n) is 4.18. The predicted molar refractivity (Wildman–Crippen MR) is 114 cm³/mol. The Morgan fingerprint density at radius 1 is 0.481 bits per heavy atom. The molecule has 0 spiro atoms. The Bertz CT molecular complexity index is 1470. The zero-order chi connectivity index (χ0) is 17.8. The molecule has 6 rings (SSSR count). The first kappa shape index (κ1) is 14.6. The quantitative estimate of drug-likeness (QED) is 0.300. The number of fused-ring (bicyclic) bond motifs is 6. The molecule has 0 aliphatic carbocycles. The summed E-state index contributed by atoms with van der Waals surface area (Å²) in [6.45, 7) is 0. The third kappa shape index (κ3) is 2.12. The maximum absolute atomic E-state index is 6.21. The lowest BCUT2D eigenvalue weighted by Crippen LogP contribution is -1.83. The summed E-state index contributed by atoms with van der Waals surface area (Å²) in [5.74, 6) is 0. The minimum Gasteiger partial charge on any atom is -0.456 e. The maximum Gasteiger partial charge on any atom is 0.136 e. The first-order chi connectivity index (χ1) is 13.4. The number of furan rings is 1. The molecule has 126 valence electrons. The second kappa shape index (κ2) is 5.46. The summed E-state index contributed by atoms with van der Waals surface area (Å²) in [6.07, 6.45) is 0. The molecule has 5 aromatic carbocycles. The lowest BCUT2D eigenvalue weighted by Gasteiger charge is -2.09.